The van der Waals surface area contributed by atoms with Crippen LogP contribution < -0.4 is 14.8 Å². The monoisotopic (exact) mass is 403 g/mol. The molecule has 1 atom stereocenters. The summed E-state index contributed by atoms with van der Waals surface area (Å²) in [7, 11) is 3.08. The summed E-state index contributed by atoms with van der Waals surface area (Å²) in [6.07, 6.45) is 2.79. The lowest BCUT2D eigenvalue weighted by molar-refractivity contribution is -0.144. The third-order valence-corrected chi connectivity index (χ3v) is 4.22. The zero-order valence-electron chi connectivity index (χ0n) is 15.9. The molecule has 28 heavy (non-hydrogen) atoms. The van der Waals surface area contributed by atoms with Gasteiger partial charge in [-0.15, -0.1) is 0 Å². The highest BCUT2D eigenvalue weighted by atomic mass is 35.5. The second kappa shape index (κ2) is 10.4. The number of methoxy groups -OCH3 is 2. The molecule has 2 aromatic carbocycles. The molecule has 0 spiro atoms. The molecule has 0 saturated heterocycles. The molecule has 7 heteroatoms. The Bertz CT molecular complexity index is 843. The van der Waals surface area contributed by atoms with Crippen LogP contribution in [0.3, 0.4) is 0 Å². The highest BCUT2D eigenvalue weighted by molar-refractivity contribution is 6.31. The maximum atomic E-state index is 12.0. The zero-order valence-corrected chi connectivity index (χ0v) is 16.7. The zero-order chi connectivity index (χ0) is 20.5. The number of carbonyl (C=O) groups is 2. The van der Waals surface area contributed by atoms with Crippen LogP contribution in [0.15, 0.2) is 48.5 Å². The molecule has 1 amide bonds. The van der Waals surface area contributed by atoms with E-state index in [4.69, 9.17) is 25.8 Å². The molecule has 2 aromatic rings. The molecule has 148 valence electrons. The minimum atomic E-state index is -0.637. The lowest BCUT2D eigenvalue weighted by atomic mass is 10.1. The second-order valence-corrected chi connectivity index (χ2v) is 6.30. The quantitative estimate of drug-likeness (QED) is 0.536. The van der Waals surface area contributed by atoms with Crippen LogP contribution in [0, 0.1) is 0 Å². The van der Waals surface area contributed by atoms with Crippen molar-refractivity contribution in [2.45, 2.75) is 13.0 Å². The lowest BCUT2D eigenvalue weighted by Gasteiger charge is -2.15. The Balaban J connectivity index is 1.87. The fourth-order valence-electron chi connectivity index (χ4n) is 2.46. The van der Waals surface area contributed by atoms with Crippen molar-refractivity contribution >= 4 is 29.6 Å². The van der Waals surface area contributed by atoms with Crippen LogP contribution in [-0.4, -0.2) is 32.7 Å². The highest BCUT2D eigenvalue weighted by Crippen LogP contribution is 2.23. The molecule has 0 radical (unpaired) electrons. The van der Waals surface area contributed by atoms with Crippen molar-refractivity contribution in [3.05, 3.63) is 64.7 Å². The van der Waals surface area contributed by atoms with Crippen molar-refractivity contribution in [1.82, 2.24) is 5.32 Å². The average Bonchev–Trinajstić information content (AvgIpc) is 2.70. The predicted molar refractivity (Wildman–Crippen MR) is 108 cm³/mol. The maximum absolute atomic E-state index is 12.0. The van der Waals surface area contributed by atoms with Crippen molar-refractivity contribution in [2.24, 2.45) is 0 Å². The van der Waals surface area contributed by atoms with Gasteiger partial charge in [0.2, 0.25) is 0 Å². The van der Waals surface area contributed by atoms with Gasteiger partial charge < -0.3 is 19.5 Å². The first kappa shape index (κ1) is 21.3. The number of rotatable bonds is 8. The third-order valence-electron chi connectivity index (χ3n) is 3.88. The SMILES string of the molecule is COc1cc(/C=C/C(=O)OCC(=O)N[C@@H](C)c2ccccc2Cl)cc(OC)c1. The van der Waals surface area contributed by atoms with Crippen LogP contribution >= 0.6 is 11.6 Å². The van der Waals surface area contributed by atoms with Crippen molar-refractivity contribution < 1.29 is 23.8 Å². The van der Waals surface area contributed by atoms with Gasteiger partial charge in [0.1, 0.15) is 11.5 Å². The summed E-state index contributed by atoms with van der Waals surface area (Å²) in [6, 6.07) is 12.1. The Morgan fingerprint density at radius 3 is 2.36 bits per heavy atom. The van der Waals surface area contributed by atoms with E-state index in [0.29, 0.717) is 22.1 Å². The topological polar surface area (TPSA) is 73.9 Å². The minimum Gasteiger partial charge on any atom is -0.497 e. The molecule has 2 rings (SSSR count). The summed E-state index contributed by atoms with van der Waals surface area (Å²) in [5.41, 5.74) is 1.49. The number of hydrogen-bond acceptors (Lipinski definition) is 5. The molecule has 0 aromatic heterocycles. The molecule has 0 aliphatic carbocycles. The normalized spacial score (nSPS) is 11.7. The molecular weight excluding hydrogens is 382 g/mol. The number of amides is 1. The summed E-state index contributed by atoms with van der Waals surface area (Å²) >= 11 is 6.11. The van der Waals surface area contributed by atoms with E-state index < -0.39 is 11.9 Å². The van der Waals surface area contributed by atoms with Gasteiger partial charge in [-0.3, -0.25) is 4.79 Å². The van der Waals surface area contributed by atoms with E-state index in [-0.39, 0.29) is 12.6 Å². The summed E-state index contributed by atoms with van der Waals surface area (Å²) < 4.78 is 15.3. The summed E-state index contributed by atoms with van der Waals surface area (Å²) in [5.74, 6) is 0.139. The Kier molecular flexibility index (Phi) is 7.89. The van der Waals surface area contributed by atoms with Gasteiger partial charge in [0.15, 0.2) is 6.61 Å². The number of carbonyl (C=O) groups excluding carboxylic acids is 2. The van der Waals surface area contributed by atoms with Crippen LogP contribution in [-0.2, 0) is 14.3 Å². The van der Waals surface area contributed by atoms with E-state index in [1.807, 2.05) is 18.2 Å². The van der Waals surface area contributed by atoms with Gasteiger partial charge in [0.05, 0.1) is 20.3 Å². The molecule has 0 aliphatic heterocycles. The summed E-state index contributed by atoms with van der Waals surface area (Å²) in [5, 5.41) is 3.30. The third kappa shape index (κ3) is 6.32. The summed E-state index contributed by atoms with van der Waals surface area (Å²) in [4.78, 5) is 23.9. The van der Waals surface area contributed by atoms with E-state index >= 15 is 0 Å². The Hall–Kier alpha value is -2.99. The first-order chi connectivity index (χ1) is 13.4. The predicted octanol–water partition coefficient (Wildman–Crippen LogP) is 3.79. The first-order valence-corrected chi connectivity index (χ1v) is 8.92. The molecular formula is C21H22ClNO5. The Labute approximate surface area is 169 Å². The van der Waals surface area contributed by atoms with Crippen molar-refractivity contribution in [3.63, 3.8) is 0 Å². The van der Waals surface area contributed by atoms with E-state index in [1.54, 1.807) is 51.5 Å². The first-order valence-electron chi connectivity index (χ1n) is 8.54. The van der Waals surface area contributed by atoms with Crippen LogP contribution in [0.2, 0.25) is 5.02 Å². The smallest absolute Gasteiger partial charge is 0.331 e. The number of hydrogen-bond donors (Lipinski definition) is 1. The molecule has 0 saturated carbocycles. The van der Waals surface area contributed by atoms with Gasteiger partial charge in [-0.2, -0.15) is 0 Å². The molecule has 1 N–H and O–H groups in total. The van der Waals surface area contributed by atoms with Crippen LogP contribution in [0.4, 0.5) is 0 Å². The van der Waals surface area contributed by atoms with Gasteiger partial charge in [-0.05, 0) is 42.3 Å². The van der Waals surface area contributed by atoms with Crippen LogP contribution in [0.1, 0.15) is 24.1 Å². The van der Waals surface area contributed by atoms with Crippen LogP contribution in [0.5, 0.6) is 11.5 Å². The minimum absolute atomic E-state index is 0.306. The van der Waals surface area contributed by atoms with Gasteiger partial charge in [-0.25, -0.2) is 4.79 Å². The van der Waals surface area contributed by atoms with E-state index in [9.17, 15) is 9.59 Å². The van der Waals surface area contributed by atoms with Crippen molar-refractivity contribution in [3.8, 4) is 11.5 Å². The number of ether oxygens (including phenoxy) is 3. The maximum Gasteiger partial charge on any atom is 0.331 e. The van der Waals surface area contributed by atoms with E-state index in [0.717, 1.165) is 5.56 Å². The Morgan fingerprint density at radius 2 is 1.75 bits per heavy atom. The number of esters is 1. The molecule has 6 nitrogen and oxygen atoms in total. The fraction of sp³-hybridized carbons (Fsp3) is 0.238. The number of nitrogens with one attached hydrogen (secondary N) is 1. The fourth-order valence-corrected chi connectivity index (χ4v) is 2.76. The summed E-state index contributed by atoms with van der Waals surface area (Å²) in [6.45, 7) is 1.41. The largest absolute Gasteiger partial charge is 0.497 e. The molecule has 0 heterocycles. The standard InChI is InChI=1S/C21H22ClNO5/c1-14(18-6-4-5-7-19(18)22)23-20(24)13-28-21(25)9-8-15-10-16(26-2)12-17(11-15)27-3/h4-12,14H,13H2,1-3H3,(H,23,24)/b9-8+/t14-/m0/s1. The Morgan fingerprint density at radius 1 is 1.11 bits per heavy atom. The molecule has 0 fully saturated rings. The van der Waals surface area contributed by atoms with Crippen molar-refractivity contribution in [1.29, 1.82) is 0 Å². The van der Waals surface area contributed by atoms with Crippen molar-refractivity contribution in [2.75, 3.05) is 20.8 Å². The number of halogens is 1. The second-order valence-electron chi connectivity index (χ2n) is 5.90. The molecule has 0 aliphatic rings. The van der Waals surface area contributed by atoms with Gasteiger partial charge in [0.25, 0.3) is 5.91 Å². The van der Waals surface area contributed by atoms with Gasteiger partial charge in [-0.1, -0.05) is 29.8 Å². The van der Waals surface area contributed by atoms with Gasteiger partial charge in [0, 0.05) is 17.2 Å². The molecule has 0 bridgehead atoms. The van der Waals surface area contributed by atoms with E-state index in [2.05, 4.69) is 5.32 Å². The molecule has 0 unspecified atom stereocenters. The highest BCUT2D eigenvalue weighted by Gasteiger charge is 2.13. The van der Waals surface area contributed by atoms with Gasteiger partial charge >= 0.3 is 5.97 Å². The lowest BCUT2D eigenvalue weighted by Crippen LogP contribution is -2.31. The van der Waals surface area contributed by atoms with E-state index in [1.165, 1.54) is 6.08 Å². The number of benzene rings is 2. The average molecular weight is 404 g/mol. The van der Waals surface area contributed by atoms with Crippen LogP contribution in [0.25, 0.3) is 6.08 Å².